The zero-order valence-corrected chi connectivity index (χ0v) is 10.6. The predicted molar refractivity (Wildman–Crippen MR) is 60.5 cm³/mol. The van der Waals surface area contributed by atoms with Crippen LogP contribution in [0.1, 0.15) is 34.1 Å². The van der Waals surface area contributed by atoms with Crippen molar-refractivity contribution in [1.82, 2.24) is 10.3 Å². The minimum absolute atomic E-state index is 0.0233. The summed E-state index contributed by atoms with van der Waals surface area (Å²) in [6.45, 7) is 10.1. The first-order chi connectivity index (χ1) is 7.45. The molecule has 1 rings (SSSR count). The van der Waals surface area contributed by atoms with Crippen molar-refractivity contribution in [2.75, 3.05) is 19.6 Å². The van der Waals surface area contributed by atoms with Gasteiger partial charge in [-0.25, -0.2) is 0 Å². The van der Waals surface area contributed by atoms with Gasteiger partial charge in [0.1, 0.15) is 6.10 Å². The van der Waals surface area contributed by atoms with Crippen LogP contribution in [0.4, 0.5) is 0 Å². The van der Waals surface area contributed by atoms with Gasteiger partial charge < -0.3 is 15.4 Å². The van der Waals surface area contributed by atoms with Gasteiger partial charge in [0.05, 0.1) is 17.1 Å². The van der Waals surface area contributed by atoms with Gasteiger partial charge in [0.25, 0.3) is 0 Å². The standard InChI is InChI=1S/C10H22N4O2/c1-5-13(10(2,3)4)14(15)12-16-9-6-7-11-8-9/h9,11H,5-8H2,1-4H3/b14-12-/t9-/m1/s1. The Bertz CT molecular complexity index is 244. The lowest BCUT2D eigenvalue weighted by molar-refractivity contribution is -0.725. The molecule has 0 unspecified atom stereocenters. The van der Waals surface area contributed by atoms with E-state index in [1.54, 1.807) is 5.01 Å². The molecule has 1 fully saturated rings. The quantitative estimate of drug-likeness (QED) is 0.449. The second-order valence-corrected chi connectivity index (χ2v) is 4.94. The SMILES string of the molecule is CCN(/[N+]([O-])=N/O[C@@H]1CCNC1)C(C)(C)C. The summed E-state index contributed by atoms with van der Waals surface area (Å²) in [5.41, 5.74) is -0.253. The average molecular weight is 230 g/mol. The van der Waals surface area contributed by atoms with Crippen molar-refractivity contribution in [3.8, 4) is 0 Å². The zero-order valence-electron chi connectivity index (χ0n) is 10.6. The second-order valence-electron chi connectivity index (χ2n) is 4.94. The van der Waals surface area contributed by atoms with Crippen LogP contribution in [0.5, 0.6) is 0 Å². The maximum atomic E-state index is 11.7. The minimum Gasteiger partial charge on any atom is -0.569 e. The Labute approximate surface area is 96.8 Å². The van der Waals surface area contributed by atoms with E-state index < -0.39 is 0 Å². The lowest BCUT2D eigenvalue weighted by atomic mass is 10.1. The van der Waals surface area contributed by atoms with Crippen molar-refractivity contribution in [3.63, 3.8) is 0 Å². The summed E-state index contributed by atoms with van der Waals surface area (Å²) < 4.78 is 0. The number of rotatable bonds is 4. The number of hydrazine groups is 1. The molecule has 16 heavy (non-hydrogen) atoms. The molecule has 1 heterocycles. The second kappa shape index (κ2) is 5.34. The Morgan fingerprint density at radius 2 is 2.25 bits per heavy atom. The molecule has 6 nitrogen and oxygen atoms in total. The maximum Gasteiger partial charge on any atom is 0.233 e. The number of nitrogens with one attached hydrogen (secondary N) is 1. The van der Waals surface area contributed by atoms with Crippen molar-refractivity contribution in [2.24, 2.45) is 5.28 Å². The van der Waals surface area contributed by atoms with E-state index in [9.17, 15) is 5.21 Å². The van der Waals surface area contributed by atoms with E-state index in [0.29, 0.717) is 11.5 Å². The van der Waals surface area contributed by atoms with Crippen LogP contribution in [-0.2, 0) is 4.84 Å². The van der Waals surface area contributed by atoms with Crippen LogP contribution < -0.4 is 5.32 Å². The van der Waals surface area contributed by atoms with E-state index >= 15 is 0 Å². The molecule has 6 heteroatoms. The van der Waals surface area contributed by atoms with Gasteiger partial charge in [-0.2, -0.15) is 0 Å². The van der Waals surface area contributed by atoms with Crippen LogP contribution in [0.2, 0.25) is 0 Å². The first-order valence-corrected chi connectivity index (χ1v) is 5.77. The molecule has 0 saturated carbocycles. The maximum absolute atomic E-state index is 11.7. The van der Waals surface area contributed by atoms with Crippen LogP contribution in [0, 0.1) is 5.21 Å². The largest absolute Gasteiger partial charge is 0.569 e. The van der Waals surface area contributed by atoms with Gasteiger partial charge in [0.2, 0.25) is 5.28 Å². The first-order valence-electron chi connectivity index (χ1n) is 5.77. The topological polar surface area (TPSA) is 62.9 Å². The summed E-state index contributed by atoms with van der Waals surface area (Å²) >= 11 is 0. The minimum atomic E-state index is -0.253. The lowest BCUT2D eigenvalue weighted by Crippen LogP contribution is -2.45. The highest BCUT2D eigenvalue weighted by Gasteiger charge is 2.27. The molecule has 1 aliphatic rings. The molecule has 0 bridgehead atoms. The van der Waals surface area contributed by atoms with E-state index in [1.807, 2.05) is 27.7 Å². The van der Waals surface area contributed by atoms with Gasteiger partial charge >= 0.3 is 0 Å². The fourth-order valence-electron chi connectivity index (χ4n) is 1.72. The third-order valence-electron chi connectivity index (χ3n) is 2.56. The van der Waals surface area contributed by atoms with Crippen LogP contribution in [0.3, 0.4) is 0 Å². The fourth-order valence-corrected chi connectivity index (χ4v) is 1.72. The molecule has 1 saturated heterocycles. The Morgan fingerprint density at radius 3 is 2.69 bits per heavy atom. The molecule has 0 aliphatic carbocycles. The highest BCUT2D eigenvalue weighted by atomic mass is 16.7. The van der Waals surface area contributed by atoms with Crippen molar-refractivity contribution >= 4 is 0 Å². The Hall–Kier alpha value is -1.04. The highest BCUT2D eigenvalue weighted by Crippen LogP contribution is 2.13. The summed E-state index contributed by atoms with van der Waals surface area (Å²) in [6.07, 6.45) is 0.925. The Kier molecular flexibility index (Phi) is 4.35. The van der Waals surface area contributed by atoms with Crippen LogP contribution in [-0.4, -0.2) is 41.3 Å². The molecule has 94 valence electrons. The van der Waals surface area contributed by atoms with Crippen LogP contribution >= 0.6 is 0 Å². The molecule has 0 aromatic heterocycles. The lowest BCUT2D eigenvalue weighted by Gasteiger charge is -2.29. The van der Waals surface area contributed by atoms with Crippen molar-refractivity contribution in [3.05, 3.63) is 5.21 Å². The summed E-state index contributed by atoms with van der Waals surface area (Å²) in [5, 5.41) is 20.1. The van der Waals surface area contributed by atoms with E-state index in [1.165, 1.54) is 0 Å². The van der Waals surface area contributed by atoms with Gasteiger partial charge in [-0.3, -0.25) is 0 Å². The van der Waals surface area contributed by atoms with E-state index in [2.05, 4.69) is 10.6 Å². The van der Waals surface area contributed by atoms with Crippen LogP contribution in [0.25, 0.3) is 0 Å². The molecular weight excluding hydrogens is 208 g/mol. The molecule has 1 aliphatic heterocycles. The summed E-state index contributed by atoms with van der Waals surface area (Å²) in [5.74, 6) is 0. The molecule has 0 radical (unpaired) electrons. The van der Waals surface area contributed by atoms with E-state index in [0.717, 1.165) is 19.5 Å². The summed E-state index contributed by atoms with van der Waals surface area (Å²) in [6, 6.07) is 0. The molecule has 0 aromatic rings. The van der Waals surface area contributed by atoms with E-state index in [4.69, 9.17) is 4.84 Å². The van der Waals surface area contributed by atoms with Gasteiger partial charge in [0.15, 0.2) is 0 Å². The highest BCUT2D eigenvalue weighted by molar-refractivity contribution is 4.70. The molecule has 1 N–H and O–H groups in total. The Balaban J connectivity index is 2.52. The number of nitrogens with zero attached hydrogens (tertiary/aromatic N) is 3. The van der Waals surface area contributed by atoms with Crippen molar-refractivity contribution in [2.45, 2.75) is 45.8 Å². The zero-order chi connectivity index (χ0) is 12.2. The van der Waals surface area contributed by atoms with Crippen LogP contribution in [0.15, 0.2) is 5.28 Å². The number of hydrogen-bond acceptors (Lipinski definition) is 4. The van der Waals surface area contributed by atoms with Gasteiger partial charge in [-0.15, -0.1) is 5.01 Å². The monoisotopic (exact) mass is 230 g/mol. The van der Waals surface area contributed by atoms with Gasteiger partial charge in [0, 0.05) is 13.0 Å². The molecule has 1 atom stereocenters. The average Bonchev–Trinajstić information content (AvgIpc) is 2.65. The Morgan fingerprint density at radius 1 is 1.56 bits per heavy atom. The van der Waals surface area contributed by atoms with Gasteiger partial charge in [-0.05, 0) is 34.2 Å². The molecular formula is C10H22N4O2. The molecule has 0 spiro atoms. The molecule has 0 amide bonds. The fraction of sp³-hybridized carbons (Fsp3) is 1.00. The smallest absolute Gasteiger partial charge is 0.233 e. The number of hydrogen-bond donors (Lipinski definition) is 1. The third-order valence-corrected chi connectivity index (χ3v) is 2.56. The third kappa shape index (κ3) is 3.52. The van der Waals surface area contributed by atoms with Gasteiger partial charge in [-0.1, -0.05) is 0 Å². The predicted octanol–water partition coefficient (Wildman–Crippen LogP) is 1.28. The molecule has 0 aromatic carbocycles. The summed E-state index contributed by atoms with van der Waals surface area (Å²) in [4.78, 5) is 5.73. The van der Waals surface area contributed by atoms with Crippen molar-refractivity contribution in [1.29, 1.82) is 0 Å². The first kappa shape index (κ1) is 13.0. The van der Waals surface area contributed by atoms with Crippen molar-refractivity contribution < 1.29 is 9.81 Å². The van der Waals surface area contributed by atoms with E-state index in [-0.39, 0.29) is 11.6 Å². The summed E-state index contributed by atoms with van der Waals surface area (Å²) in [7, 11) is 0. The normalized spacial score (nSPS) is 22.2.